The Labute approximate surface area is 200 Å². The van der Waals surface area contributed by atoms with E-state index in [1.165, 1.54) is 57.8 Å². The van der Waals surface area contributed by atoms with Crippen LogP contribution in [-0.4, -0.2) is 39.8 Å². The van der Waals surface area contributed by atoms with Crippen molar-refractivity contribution < 1.29 is 29.1 Å². The van der Waals surface area contributed by atoms with Crippen molar-refractivity contribution in [1.29, 1.82) is 0 Å². The van der Waals surface area contributed by atoms with Gasteiger partial charge in [-0.2, -0.15) is 0 Å². The Kier molecular flexibility index (Phi) is 15.1. The number of hydrogen-bond acceptors (Lipinski definition) is 6. The summed E-state index contributed by atoms with van der Waals surface area (Å²) in [6.07, 6.45) is 16.6. The van der Waals surface area contributed by atoms with E-state index in [1.54, 1.807) is 0 Å². The minimum absolute atomic E-state index is 0.0824. The van der Waals surface area contributed by atoms with Crippen LogP contribution < -0.4 is 0 Å². The summed E-state index contributed by atoms with van der Waals surface area (Å²) in [5.74, 6) is -0.848. The van der Waals surface area contributed by atoms with Gasteiger partial charge in [0.1, 0.15) is 5.60 Å². The molecule has 0 aromatic heterocycles. The number of hydrogen-bond donors (Lipinski definition) is 1. The minimum Gasteiger partial charge on any atom is -0.460 e. The molecule has 1 fully saturated rings. The molecule has 0 saturated carbocycles. The van der Waals surface area contributed by atoms with Crippen LogP contribution >= 0.6 is 0 Å². The Morgan fingerprint density at radius 2 is 1.18 bits per heavy atom. The van der Waals surface area contributed by atoms with Gasteiger partial charge in [-0.25, -0.2) is 4.79 Å². The van der Waals surface area contributed by atoms with Crippen LogP contribution in [0.2, 0.25) is 0 Å². The first-order valence-electron chi connectivity index (χ1n) is 13.1. The van der Waals surface area contributed by atoms with E-state index in [9.17, 15) is 19.5 Å². The lowest BCUT2D eigenvalue weighted by Crippen LogP contribution is -2.35. The van der Waals surface area contributed by atoms with Crippen molar-refractivity contribution >= 4 is 17.8 Å². The number of carbonyl (C=O) groups is 3. The van der Waals surface area contributed by atoms with Crippen LogP contribution in [0.25, 0.3) is 0 Å². The molecular weight excluding hydrogens is 422 g/mol. The highest BCUT2D eigenvalue weighted by atomic mass is 16.7. The molecule has 1 rings (SSSR count). The lowest BCUT2D eigenvalue weighted by molar-refractivity contribution is -0.220. The van der Waals surface area contributed by atoms with E-state index >= 15 is 0 Å². The van der Waals surface area contributed by atoms with Gasteiger partial charge in [-0.3, -0.25) is 9.59 Å². The first-order valence-corrected chi connectivity index (χ1v) is 13.1. The number of unbranched alkanes of at least 4 members (excludes halogenated alkanes) is 13. The highest BCUT2D eigenvalue weighted by Crippen LogP contribution is 2.18. The average Bonchev–Trinajstić information content (AvgIpc) is 3.04. The first kappa shape index (κ1) is 29.4. The van der Waals surface area contributed by atoms with Gasteiger partial charge >= 0.3 is 11.9 Å². The van der Waals surface area contributed by atoms with Crippen LogP contribution in [0.5, 0.6) is 0 Å². The standard InChI is InChI=1S/C26H47NO6/c1-26(2,3)32-24(30)18-16-14-12-10-8-6-4-5-7-9-11-13-15-17-19-25(31)33-27-22(28)20-21-23(27)29/h22,28H,4-21H2,1-3H3. The number of amides is 1. The van der Waals surface area contributed by atoms with Crippen molar-refractivity contribution in [3.05, 3.63) is 0 Å². The zero-order chi connectivity index (χ0) is 24.5. The predicted molar refractivity (Wildman–Crippen MR) is 128 cm³/mol. The van der Waals surface area contributed by atoms with Gasteiger partial charge in [-0.15, -0.1) is 5.06 Å². The van der Waals surface area contributed by atoms with E-state index < -0.39 is 12.2 Å². The second-order valence-corrected chi connectivity index (χ2v) is 10.2. The Bertz CT molecular complexity index is 572. The Balaban J connectivity index is 1.79. The van der Waals surface area contributed by atoms with E-state index in [2.05, 4.69) is 0 Å². The number of aliphatic hydroxyl groups is 1. The van der Waals surface area contributed by atoms with Gasteiger partial charge in [0.05, 0.1) is 0 Å². The van der Waals surface area contributed by atoms with Gasteiger partial charge in [0.25, 0.3) is 5.91 Å². The van der Waals surface area contributed by atoms with Crippen molar-refractivity contribution in [2.24, 2.45) is 0 Å². The Hall–Kier alpha value is -1.63. The van der Waals surface area contributed by atoms with Crippen LogP contribution in [0.3, 0.4) is 0 Å². The lowest BCUT2D eigenvalue weighted by Gasteiger charge is -2.19. The molecule has 192 valence electrons. The van der Waals surface area contributed by atoms with Crippen molar-refractivity contribution in [3.63, 3.8) is 0 Å². The highest BCUT2D eigenvalue weighted by Gasteiger charge is 2.32. The topological polar surface area (TPSA) is 93.1 Å². The van der Waals surface area contributed by atoms with Gasteiger partial charge < -0.3 is 14.7 Å². The summed E-state index contributed by atoms with van der Waals surface area (Å²) in [5, 5.41) is 10.4. The normalized spacial score (nSPS) is 16.3. The summed E-state index contributed by atoms with van der Waals surface area (Å²) in [5.41, 5.74) is -0.380. The molecule has 0 aliphatic carbocycles. The smallest absolute Gasteiger partial charge is 0.332 e. The molecule has 1 atom stereocenters. The zero-order valence-electron chi connectivity index (χ0n) is 21.2. The van der Waals surface area contributed by atoms with E-state index in [-0.39, 0.29) is 30.3 Å². The molecule has 0 aromatic carbocycles. The molecule has 1 aliphatic heterocycles. The van der Waals surface area contributed by atoms with E-state index in [0.29, 0.717) is 12.8 Å². The summed E-state index contributed by atoms with van der Waals surface area (Å²) < 4.78 is 5.32. The maximum atomic E-state index is 11.8. The Morgan fingerprint density at radius 1 is 0.788 bits per heavy atom. The van der Waals surface area contributed by atoms with E-state index in [4.69, 9.17) is 9.57 Å². The summed E-state index contributed by atoms with van der Waals surface area (Å²) in [7, 11) is 0. The van der Waals surface area contributed by atoms with Crippen molar-refractivity contribution in [2.75, 3.05) is 0 Å². The van der Waals surface area contributed by atoms with Crippen LogP contribution in [0.4, 0.5) is 0 Å². The second kappa shape index (κ2) is 16.9. The molecule has 0 spiro atoms. The molecule has 1 aliphatic rings. The number of ether oxygens (including phenoxy) is 1. The van der Waals surface area contributed by atoms with E-state index in [0.717, 1.165) is 37.2 Å². The molecule has 1 heterocycles. The fourth-order valence-corrected chi connectivity index (χ4v) is 3.97. The molecule has 1 unspecified atom stereocenters. The van der Waals surface area contributed by atoms with Crippen LogP contribution in [0.1, 0.15) is 136 Å². The molecule has 0 radical (unpaired) electrons. The van der Waals surface area contributed by atoms with Crippen LogP contribution in [0.15, 0.2) is 0 Å². The highest BCUT2D eigenvalue weighted by molar-refractivity contribution is 5.79. The Morgan fingerprint density at radius 3 is 1.55 bits per heavy atom. The maximum Gasteiger partial charge on any atom is 0.332 e. The maximum absolute atomic E-state index is 11.8. The summed E-state index contributed by atoms with van der Waals surface area (Å²) >= 11 is 0. The molecule has 7 heteroatoms. The number of nitrogens with zero attached hydrogens (tertiary/aromatic N) is 1. The van der Waals surface area contributed by atoms with Gasteiger partial charge in [0.15, 0.2) is 6.23 Å². The summed E-state index contributed by atoms with van der Waals surface area (Å²) in [4.78, 5) is 39.8. The van der Waals surface area contributed by atoms with Gasteiger partial charge in [0, 0.05) is 25.7 Å². The number of hydroxylamine groups is 2. The van der Waals surface area contributed by atoms with E-state index in [1.807, 2.05) is 20.8 Å². The third kappa shape index (κ3) is 15.8. The largest absolute Gasteiger partial charge is 0.460 e. The fourth-order valence-electron chi connectivity index (χ4n) is 3.97. The fraction of sp³-hybridized carbons (Fsp3) is 0.885. The molecule has 0 aromatic rings. The predicted octanol–water partition coefficient (Wildman–Crippen LogP) is 5.97. The average molecular weight is 470 g/mol. The molecule has 1 amide bonds. The van der Waals surface area contributed by atoms with Crippen molar-refractivity contribution in [1.82, 2.24) is 5.06 Å². The third-order valence-corrected chi connectivity index (χ3v) is 5.76. The third-order valence-electron chi connectivity index (χ3n) is 5.76. The molecule has 7 nitrogen and oxygen atoms in total. The molecule has 1 N–H and O–H groups in total. The number of rotatable bonds is 18. The summed E-state index contributed by atoms with van der Waals surface area (Å²) in [6.45, 7) is 5.71. The number of carbonyl (C=O) groups excluding carboxylic acids is 3. The van der Waals surface area contributed by atoms with Gasteiger partial charge in [0.2, 0.25) is 0 Å². The lowest BCUT2D eigenvalue weighted by atomic mass is 10.0. The molecule has 1 saturated heterocycles. The molecule has 0 bridgehead atoms. The molecular formula is C26H47NO6. The number of aliphatic hydroxyl groups excluding tert-OH is 1. The SMILES string of the molecule is CC(C)(C)OC(=O)CCCCCCCCCCCCCCCCC(=O)ON1C(=O)CCC1O. The number of esters is 1. The van der Waals surface area contributed by atoms with Crippen LogP contribution in [-0.2, 0) is 24.0 Å². The van der Waals surface area contributed by atoms with Crippen molar-refractivity contribution in [3.8, 4) is 0 Å². The van der Waals surface area contributed by atoms with Gasteiger partial charge in [-0.05, 0) is 33.6 Å². The minimum atomic E-state index is -0.989. The quantitative estimate of drug-likeness (QED) is 0.196. The van der Waals surface area contributed by atoms with Crippen molar-refractivity contribution in [2.45, 2.75) is 148 Å². The zero-order valence-corrected chi connectivity index (χ0v) is 21.2. The molecule has 33 heavy (non-hydrogen) atoms. The second-order valence-electron chi connectivity index (χ2n) is 10.2. The van der Waals surface area contributed by atoms with Gasteiger partial charge in [-0.1, -0.05) is 77.0 Å². The van der Waals surface area contributed by atoms with Crippen LogP contribution in [0, 0.1) is 0 Å². The summed E-state index contributed by atoms with van der Waals surface area (Å²) in [6, 6.07) is 0. The monoisotopic (exact) mass is 469 g/mol. The first-order chi connectivity index (χ1) is 15.7.